The first-order chi connectivity index (χ1) is 67.6. The number of aryl methyl sites for hydroxylation is 6. The van der Waals surface area contributed by atoms with Gasteiger partial charge in [-0.05, 0) is 295 Å². The number of nitrogens with zero attached hydrogens (tertiary/aromatic N) is 13. The summed E-state index contributed by atoms with van der Waals surface area (Å²) in [6.45, 7) is 15.1. The quantitative estimate of drug-likeness (QED) is 0.0523. The van der Waals surface area contributed by atoms with Crippen LogP contribution in [0.1, 0.15) is 100 Å². The number of fused-ring (bicyclic) bond motifs is 4. The molecule has 0 aliphatic carbocycles. The Balaban J connectivity index is 0.000000130. The molecule has 4 aliphatic rings. The number of para-hydroxylation sites is 1. The second-order valence-corrected chi connectivity index (χ2v) is 42.7. The molecule has 4 saturated heterocycles. The summed E-state index contributed by atoms with van der Waals surface area (Å²) >= 11 is 6.44. The summed E-state index contributed by atoms with van der Waals surface area (Å²) in [5.74, 6) is -1.09. The summed E-state index contributed by atoms with van der Waals surface area (Å²) in [5, 5.41) is 16.3. The molecule has 7 aromatic heterocycles. The van der Waals surface area contributed by atoms with Crippen molar-refractivity contribution in [2.75, 3.05) is 112 Å². The number of benzene rings is 9. The van der Waals surface area contributed by atoms with E-state index in [1.165, 1.54) is 30.1 Å². The molecule has 0 radical (unpaired) electrons. The van der Waals surface area contributed by atoms with E-state index in [4.69, 9.17) is 21.6 Å². The highest BCUT2D eigenvalue weighted by Gasteiger charge is 2.36. The predicted octanol–water partition coefficient (Wildman–Crippen LogP) is 18.4. The number of carbonyl (C=O) groups is 4. The van der Waals surface area contributed by atoms with E-state index in [1.54, 1.807) is 149 Å². The molecule has 0 atom stereocenters. The van der Waals surface area contributed by atoms with Gasteiger partial charge in [-0.25, -0.2) is 9.97 Å². The Morgan fingerprint density at radius 2 is 0.801 bits per heavy atom. The van der Waals surface area contributed by atoms with E-state index in [2.05, 4.69) is 50.9 Å². The van der Waals surface area contributed by atoms with E-state index in [9.17, 15) is 52.8 Å². The van der Waals surface area contributed by atoms with E-state index in [1.807, 2.05) is 187 Å². The molecule has 36 heteroatoms. The minimum absolute atomic E-state index is 0.251. The number of aromatic nitrogens is 7. The van der Waals surface area contributed by atoms with Crippen molar-refractivity contribution in [3.05, 3.63) is 334 Å². The lowest BCUT2D eigenvalue weighted by Crippen LogP contribution is -2.48. The van der Waals surface area contributed by atoms with Crippen molar-refractivity contribution in [1.82, 2.24) is 52.5 Å². The Kier molecular flexibility index (Phi) is 28.7. The highest BCUT2D eigenvalue weighted by Crippen LogP contribution is 2.39. The Morgan fingerprint density at radius 1 is 0.355 bits per heavy atom. The number of H-pyrrole nitrogens is 1. The fraction of sp³-hybridized carbons (Fsp3) is 0.200. The van der Waals surface area contributed by atoms with Gasteiger partial charge in [-0.15, -0.1) is 0 Å². The SMILES string of the molecule is Cc1cc(N2CCCN(C)S2(=O)=O)ccc1C(=O)Nc1ccc(C)c(-c2ccc3ccccc3n2)c1.Cc1cc(N2CCCN(C)S2(=O)=O)ccc1C(=O)Nc1ccc(C)c(-c2ccc3cnccc3n2)c1.Cc1cc(N2CCCN(C)S2(=O)=O)ccc1C(=O)Nc1ccc(C)c(-c2nccc3ncccc23)c1.O=C(Nc1ccc(Cl)c(-c2nccc3cc[nH]c23)c1)c1ccc(N2CCCNS2(=O)=O)cc1. The summed E-state index contributed by atoms with van der Waals surface area (Å²) in [6.07, 6.45) is 13.5. The number of nitrogens with one attached hydrogen (secondary N) is 6. The average Bonchev–Trinajstić information content (AvgIpc) is 1.71. The topological polar surface area (TPSA) is 381 Å². The van der Waals surface area contributed by atoms with Gasteiger partial charge in [0.25, 0.3) is 23.6 Å². The second-order valence-electron chi connectivity index (χ2n) is 34.7. The Morgan fingerprint density at radius 3 is 1.33 bits per heavy atom. The van der Waals surface area contributed by atoms with Crippen LogP contribution in [0.4, 0.5) is 45.5 Å². The molecule has 0 unspecified atom stereocenters. The summed E-state index contributed by atoms with van der Waals surface area (Å²) in [7, 11) is -9.44. The number of amides is 4. The molecular weight excluding hydrogens is 1880 g/mol. The van der Waals surface area contributed by atoms with E-state index >= 15 is 0 Å². The van der Waals surface area contributed by atoms with Crippen LogP contribution < -0.4 is 43.2 Å². The Bertz CT molecular complexity index is 7830. The number of hydrogen-bond donors (Lipinski definition) is 6. The van der Waals surface area contributed by atoms with Crippen LogP contribution in [-0.4, -0.2) is 179 Å². The zero-order valence-corrected chi connectivity index (χ0v) is 82.7. The van der Waals surface area contributed by atoms with E-state index in [0.29, 0.717) is 160 Å². The van der Waals surface area contributed by atoms with Crippen LogP contribution >= 0.6 is 11.6 Å². The largest absolute Gasteiger partial charge is 0.359 e. The van der Waals surface area contributed by atoms with Gasteiger partial charge in [-0.3, -0.25) is 56.3 Å². The predicted molar refractivity (Wildman–Crippen MR) is 559 cm³/mol. The maximum atomic E-state index is 13.2. The summed E-state index contributed by atoms with van der Waals surface area (Å²) in [4.78, 5) is 82.6. The number of pyridine rings is 6. The lowest BCUT2D eigenvalue weighted by atomic mass is 10.0. The summed E-state index contributed by atoms with van der Waals surface area (Å²) in [6, 6.07) is 71.7. The van der Waals surface area contributed by atoms with Gasteiger partial charge in [0.2, 0.25) is 0 Å². The first kappa shape index (κ1) is 97.8. The van der Waals surface area contributed by atoms with Crippen LogP contribution in [0.5, 0.6) is 0 Å². The number of hydrogen-bond acceptors (Lipinski definition) is 18. The van der Waals surface area contributed by atoms with Gasteiger partial charge in [-0.2, -0.15) is 51.3 Å². The third-order valence-electron chi connectivity index (χ3n) is 25.1. The van der Waals surface area contributed by atoms with Crippen LogP contribution in [0, 0.1) is 41.5 Å². The van der Waals surface area contributed by atoms with Crippen molar-refractivity contribution in [2.45, 2.75) is 67.2 Å². The van der Waals surface area contributed by atoms with Crippen LogP contribution in [0.2, 0.25) is 5.02 Å². The van der Waals surface area contributed by atoms with E-state index in [0.717, 1.165) is 113 Å². The highest BCUT2D eigenvalue weighted by molar-refractivity contribution is 7.91. The van der Waals surface area contributed by atoms with E-state index < -0.39 is 40.8 Å². The van der Waals surface area contributed by atoms with Gasteiger partial charge in [-0.1, -0.05) is 54.1 Å². The fourth-order valence-electron chi connectivity index (χ4n) is 17.4. The zero-order chi connectivity index (χ0) is 99.3. The van der Waals surface area contributed by atoms with Crippen LogP contribution in [0.15, 0.2) is 274 Å². The standard InChI is InChI=1S/C28H28N4O3S.2C27H27N5O3S.C23H20ClN5O3S/c1-19-9-11-22(18-25(19)27-14-10-21-7-4-5-8-26(21)30-27)29-28(33)24-13-12-23(17-20(24)2)32-16-6-15-31(3)36(32,34)35;1-18-5-7-21(16-24(18)26-10-6-20-17-28-12-11-25(20)30-26)29-27(33)23-9-8-22(15-19(23)2)32-14-4-13-31(3)36(32,34)35;1-18-7-8-20(17-24(18)26-23-6-4-12-28-25(23)11-13-29-26)30-27(33)22-10-9-21(16-19(22)2)32-15-5-14-31(3)36(32,34)35;24-20-7-4-17(14-19(20)22-21-15(8-11-25-21)9-12-26-22)28-23(30)16-2-5-18(6-3-16)29-13-1-10-27-33(29,31)32/h4-5,7-14,17-18H,6,15-16H2,1-3H3,(H,29,33);5-12,15-17H,4,13-14H2,1-3H3,(H,29,33);4,6-13,16-17H,5,14-15H2,1-3H3,(H,30,33);2-9,11-12,14,25,27H,1,10,13H2,(H,28,30). The molecule has 0 saturated carbocycles. The molecule has 141 heavy (non-hydrogen) atoms. The molecule has 31 nitrogen and oxygen atoms in total. The molecule has 20 rings (SSSR count). The minimum Gasteiger partial charge on any atom is -0.359 e. The lowest BCUT2D eigenvalue weighted by Gasteiger charge is -2.34. The molecule has 4 fully saturated rings. The zero-order valence-electron chi connectivity index (χ0n) is 78.7. The third kappa shape index (κ3) is 21.2. The smallest absolute Gasteiger partial charge is 0.303 e. The molecule has 4 amide bonds. The van der Waals surface area contributed by atoms with Crippen molar-refractivity contribution in [3.63, 3.8) is 0 Å². The van der Waals surface area contributed by atoms with Gasteiger partial charge in [0.15, 0.2) is 0 Å². The van der Waals surface area contributed by atoms with Crippen molar-refractivity contribution in [3.8, 4) is 45.0 Å². The van der Waals surface area contributed by atoms with Crippen molar-refractivity contribution >= 4 is 165 Å². The summed E-state index contributed by atoms with van der Waals surface area (Å²) in [5.41, 5.74) is 22.0. The molecular formula is C105H102ClN19O12S4. The molecule has 16 aromatic rings. The normalized spacial score (nSPS) is 15.6. The molecule has 4 aliphatic heterocycles. The summed E-state index contributed by atoms with van der Waals surface area (Å²) < 4.78 is 113. The van der Waals surface area contributed by atoms with Gasteiger partial charge >= 0.3 is 40.8 Å². The first-order valence-corrected chi connectivity index (χ1v) is 51.6. The molecule has 11 heterocycles. The Labute approximate surface area is 823 Å². The number of aromatic amines is 1. The molecule has 0 bridgehead atoms. The second kappa shape index (κ2) is 41.3. The molecule has 0 spiro atoms. The Hall–Kier alpha value is -14.8. The number of carbonyl (C=O) groups excluding carboxylic acids is 4. The first-order valence-electron chi connectivity index (χ1n) is 45.6. The van der Waals surface area contributed by atoms with E-state index in [-0.39, 0.29) is 23.6 Å². The molecule has 720 valence electrons. The highest BCUT2D eigenvalue weighted by atomic mass is 35.5. The number of halogens is 1. The van der Waals surface area contributed by atoms with Crippen molar-refractivity contribution < 1.29 is 52.8 Å². The van der Waals surface area contributed by atoms with Gasteiger partial charge in [0.1, 0.15) is 0 Å². The minimum atomic E-state index is -3.55. The maximum Gasteiger partial charge on any atom is 0.303 e. The van der Waals surface area contributed by atoms with Crippen molar-refractivity contribution in [2.24, 2.45) is 0 Å². The maximum absolute atomic E-state index is 13.2. The van der Waals surface area contributed by atoms with Gasteiger partial charge in [0, 0.05) is 199 Å². The number of rotatable bonds is 16. The lowest BCUT2D eigenvalue weighted by molar-refractivity contribution is 0.101. The number of anilines is 8. The monoisotopic (exact) mass is 1980 g/mol. The molecule has 9 aromatic carbocycles. The van der Waals surface area contributed by atoms with Gasteiger partial charge < -0.3 is 26.3 Å². The fourth-order valence-corrected chi connectivity index (χ4v) is 23.2. The van der Waals surface area contributed by atoms with Crippen LogP contribution in [-0.2, 0) is 40.8 Å². The average molecular weight is 1990 g/mol. The molecule has 6 N–H and O–H groups in total. The van der Waals surface area contributed by atoms with Gasteiger partial charge in [0.05, 0.1) is 72.6 Å². The third-order valence-corrected chi connectivity index (χ3v) is 32.8. The van der Waals surface area contributed by atoms with Crippen LogP contribution in [0.3, 0.4) is 0 Å². The van der Waals surface area contributed by atoms with Crippen molar-refractivity contribution in [1.29, 1.82) is 0 Å². The van der Waals surface area contributed by atoms with Crippen LogP contribution in [0.25, 0.3) is 88.6 Å².